The Morgan fingerprint density at radius 3 is 2.63 bits per heavy atom. The summed E-state index contributed by atoms with van der Waals surface area (Å²) in [4.78, 5) is 6.22. The summed E-state index contributed by atoms with van der Waals surface area (Å²) in [5.41, 5.74) is 3.84. The van der Waals surface area contributed by atoms with Gasteiger partial charge >= 0.3 is 0 Å². The number of oxime groups is 1. The van der Waals surface area contributed by atoms with Crippen LogP contribution in [0.4, 0.5) is 0 Å². The zero-order valence-electron chi connectivity index (χ0n) is 30.3. The number of aliphatic hydroxyl groups excluding tert-OH is 2. The number of rotatable bonds is 20. The molecule has 6 rings (SSSR count). The SMILES string of the molecule is C=CCOc1ccc2c(c1)C1C(CCCCO)C(CCCCO)C=C3C(=NOC4CCCCO4)CC(n4nncc4CCCCl)C(OCC=C)(O2)C31. The molecule has 1 saturated carbocycles. The third-order valence-electron chi connectivity index (χ3n) is 10.9. The van der Waals surface area contributed by atoms with E-state index in [2.05, 4.69) is 35.6 Å². The van der Waals surface area contributed by atoms with E-state index >= 15 is 0 Å². The largest absolute Gasteiger partial charge is 0.490 e. The van der Waals surface area contributed by atoms with Crippen LogP contribution in [0.25, 0.3) is 0 Å². The highest BCUT2D eigenvalue weighted by Gasteiger charge is 2.65. The van der Waals surface area contributed by atoms with Crippen molar-refractivity contribution < 1.29 is 34.0 Å². The second kappa shape index (κ2) is 18.7. The molecule has 2 N–H and O–H groups in total. The van der Waals surface area contributed by atoms with Crippen molar-refractivity contribution in [3.8, 4) is 11.5 Å². The molecule has 11 nitrogen and oxygen atoms in total. The summed E-state index contributed by atoms with van der Waals surface area (Å²) >= 11 is 6.18. The van der Waals surface area contributed by atoms with Gasteiger partial charge < -0.3 is 34.0 Å². The van der Waals surface area contributed by atoms with Gasteiger partial charge in [0.2, 0.25) is 12.1 Å². The number of aromatic nitrogens is 3. The summed E-state index contributed by atoms with van der Waals surface area (Å²) in [5, 5.41) is 33.6. The quantitative estimate of drug-likeness (QED) is 0.0636. The Morgan fingerprint density at radius 2 is 1.88 bits per heavy atom. The maximum atomic E-state index is 9.87. The maximum absolute atomic E-state index is 9.87. The lowest BCUT2D eigenvalue weighted by molar-refractivity contribution is -0.252. The molecule has 2 aliphatic carbocycles. The van der Waals surface area contributed by atoms with E-state index < -0.39 is 18.1 Å². The molecule has 284 valence electrons. The lowest BCUT2D eigenvalue weighted by Crippen LogP contribution is -2.63. The van der Waals surface area contributed by atoms with Gasteiger partial charge in [-0.25, -0.2) is 4.68 Å². The number of hydrogen-bond acceptors (Lipinski definition) is 10. The Balaban J connectivity index is 1.57. The molecule has 12 heteroatoms. The fourth-order valence-electron chi connectivity index (χ4n) is 8.69. The van der Waals surface area contributed by atoms with E-state index in [0.29, 0.717) is 38.4 Å². The van der Waals surface area contributed by atoms with Crippen molar-refractivity contribution in [2.24, 2.45) is 22.9 Å². The molecule has 1 aromatic carbocycles. The number of hydrogen-bond donors (Lipinski definition) is 2. The summed E-state index contributed by atoms with van der Waals surface area (Å²) in [6, 6.07) is 5.58. The minimum absolute atomic E-state index is 0.0765. The minimum Gasteiger partial charge on any atom is -0.490 e. The van der Waals surface area contributed by atoms with Crippen LogP contribution < -0.4 is 9.47 Å². The van der Waals surface area contributed by atoms with Gasteiger partial charge in [-0.3, -0.25) is 0 Å². The van der Waals surface area contributed by atoms with E-state index in [0.717, 1.165) is 91.8 Å². The van der Waals surface area contributed by atoms with Crippen molar-refractivity contribution in [3.05, 3.63) is 72.6 Å². The van der Waals surface area contributed by atoms with Crippen molar-refractivity contribution in [1.82, 2.24) is 15.0 Å². The van der Waals surface area contributed by atoms with Gasteiger partial charge in [0.25, 0.3) is 0 Å². The fourth-order valence-corrected chi connectivity index (χ4v) is 8.83. The second-order valence-corrected chi connectivity index (χ2v) is 14.6. The summed E-state index contributed by atoms with van der Waals surface area (Å²) in [7, 11) is 0. The van der Waals surface area contributed by atoms with Gasteiger partial charge in [0, 0.05) is 43.4 Å². The number of nitrogens with zero attached hydrogens (tertiary/aromatic N) is 4. The van der Waals surface area contributed by atoms with Gasteiger partial charge in [-0.15, -0.1) is 23.3 Å². The first-order chi connectivity index (χ1) is 25.6. The van der Waals surface area contributed by atoms with Gasteiger partial charge in [-0.1, -0.05) is 48.0 Å². The van der Waals surface area contributed by atoms with Crippen LogP contribution in [0.2, 0.25) is 0 Å². The Morgan fingerprint density at radius 1 is 1.06 bits per heavy atom. The van der Waals surface area contributed by atoms with E-state index in [1.165, 1.54) is 0 Å². The smallest absolute Gasteiger partial charge is 0.241 e. The zero-order chi connectivity index (χ0) is 36.3. The Hall–Kier alpha value is -3.22. The van der Waals surface area contributed by atoms with Crippen molar-refractivity contribution >= 4 is 17.3 Å². The molecule has 3 heterocycles. The molecule has 0 amide bonds. The molecule has 0 radical (unpaired) electrons. The molecule has 1 aromatic heterocycles. The summed E-state index contributed by atoms with van der Waals surface area (Å²) in [6.45, 7) is 9.44. The predicted octanol–water partition coefficient (Wildman–Crippen LogP) is 7.05. The average Bonchev–Trinajstić information content (AvgIpc) is 3.64. The lowest BCUT2D eigenvalue weighted by Gasteiger charge is -2.58. The summed E-state index contributed by atoms with van der Waals surface area (Å²) in [5.74, 6) is 0.712. The fraction of sp³-hybridized carbons (Fsp3) is 0.625. The number of benzene rings is 1. The van der Waals surface area contributed by atoms with Crippen molar-refractivity contribution in [3.63, 3.8) is 0 Å². The van der Waals surface area contributed by atoms with Crippen LogP contribution in [0.15, 0.2) is 66.5 Å². The highest BCUT2D eigenvalue weighted by Crippen LogP contribution is 2.63. The van der Waals surface area contributed by atoms with Crippen LogP contribution >= 0.6 is 11.6 Å². The average molecular weight is 739 g/mol. The molecule has 52 heavy (non-hydrogen) atoms. The molecule has 7 unspecified atom stereocenters. The van der Waals surface area contributed by atoms with Crippen LogP contribution in [-0.4, -0.2) is 81.9 Å². The summed E-state index contributed by atoms with van der Waals surface area (Å²) < 4.78 is 28.3. The first-order valence-corrected chi connectivity index (χ1v) is 19.7. The van der Waals surface area contributed by atoms with Gasteiger partial charge in [-0.05, 0) is 87.0 Å². The highest BCUT2D eigenvalue weighted by atomic mass is 35.5. The van der Waals surface area contributed by atoms with Crippen LogP contribution in [0.5, 0.6) is 11.5 Å². The zero-order valence-corrected chi connectivity index (χ0v) is 31.0. The van der Waals surface area contributed by atoms with Crippen molar-refractivity contribution in [2.75, 3.05) is 38.9 Å². The third kappa shape index (κ3) is 8.29. The number of unbranched alkanes of at least 4 members (excludes halogenated alkanes) is 2. The molecule has 1 saturated heterocycles. The standard InChI is InChI=1S/C40H55ClN4O7/c1-3-21-48-30-16-17-35-33(25-30)38-31(14-6-9-20-47)28(12-5-8-19-46)24-32-34(43-52-37-15-7-10-23-49-37)26-36(40(51-35,39(32)38)50-22-4-2)45-29(13-11-18-41)27-42-44-45/h3-4,16-17,24-25,27-28,31,36-39,46-47H,1-2,5-15,18-23,26H2. The molecule has 0 bridgehead atoms. The minimum atomic E-state index is -1.21. The Kier molecular flexibility index (Phi) is 13.8. The first-order valence-electron chi connectivity index (χ1n) is 19.1. The second-order valence-electron chi connectivity index (χ2n) is 14.2. The number of alkyl halides is 1. The Bertz CT molecular complexity index is 1540. The van der Waals surface area contributed by atoms with Crippen molar-refractivity contribution in [1.29, 1.82) is 0 Å². The Labute approximate surface area is 312 Å². The number of halogens is 1. The van der Waals surface area contributed by atoms with Crippen LogP contribution in [0.3, 0.4) is 0 Å². The third-order valence-corrected chi connectivity index (χ3v) is 11.2. The first kappa shape index (κ1) is 38.5. The number of aliphatic hydroxyl groups is 2. The molecule has 2 fully saturated rings. The van der Waals surface area contributed by atoms with Crippen LogP contribution in [0, 0.1) is 17.8 Å². The van der Waals surface area contributed by atoms with E-state index in [1.54, 1.807) is 18.3 Å². The molecule has 2 aromatic rings. The monoisotopic (exact) mass is 738 g/mol. The molecular weight excluding hydrogens is 684 g/mol. The molecule has 7 atom stereocenters. The number of ether oxygens (including phenoxy) is 4. The van der Waals surface area contributed by atoms with E-state index in [9.17, 15) is 10.2 Å². The van der Waals surface area contributed by atoms with Crippen LogP contribution in [-0.2, 0) is 20.7 Å². The topological polar surface area (TPSA) is 130 Å². The number of allylic oxidation sites excluding steroid dienone is 1. The normalized spacial score (nSPS) is 28.7. The van der Waals surface area contributed by atoms with Gasteiger partial charge in [-0.2, -0.15) is 0 Å². The molecule has 0 spiro atoms. The van der Waals surface area contributed by atoms with E-state index in [1.807, 2.05) is 16.8 Å². The van der Waals surface area contributed by atoms with E-state index in [-0.39, 0.29) is 43.5 Å². The molecule has 2 aliphatic heterocycles. The van der Waals surface area contributed by atoms with Gasteiger partial charge in [0.1, 0.15) is 24.1 Å². The molecule has 4 aliphatic rings. The lowest BCUT2D eigenvalue weighted by atomic mass is 9.55. The van der Waals surface area contributed by atoms with Crippen LogP contribution in [0.1, 0.15) is 93.8 Å². The summed E-state index contributed by atoms with van der Waals surface area (Å²) in [6.07, 6.45) is 17.0. The maximum Gasteiger partial charge on any atom is 0.241 e. The van der Waals surface area contributed by atoms with E-state index in [4.69, 9.17) is 40.5 Å². The molecular formula is C40H55ClN4O7. The number of aryl methyl sites for hydroxylation is 1. The van der Waals surface area contributed by atoms with Gasteiger partial charge in [0.05, 0.1) is 36.7 Å². The van der Waals surface area contributed by atoms with Crippen molar-refractivity contribution in [2.45, 2.75) is 101 Å². The predicted molar refractivity (Wildman–Crippen MR) is 200 cm³/mol. The van der Waals surface area contributed by atoms with Gasteiger partial charge in [0.15, 0.2) is 0 Å². The highest BCUT2D eigenvalue weighted by molar-refractivity contribution is 6.17. The number of fused-ring (bicyclic) bond motifs is 2.